The van der Waals surface area contributed by atoms with Gasteiger partial charge in [0.05, 0.1) is 5.75 Å². The second-order valence-electron chi connectivity index (χ2n) is 4.75. The number of sulfonamides is 1. The number of rotatable bonds is 9. The first-order valence-electron chi connectivity index (χ1n) is 6.90. The van der Waals surface area contributed by atoms with Gasteiger partial charge in [0.1, 0.15) is 0 Å². The van der Waals surface area contributed by atoms with E-state index in [-0.39, 0.29) is 5.75 Å². The van der Waals surface area contributed by atoms with E-state index in [9.17, 15) is 8.42 Å². The minimum atomic E-state index is -3.09. The van der Waals surface area contributed by atoms with Crippen molar-refractivity contribution in [2.24, 2.45) is 5.92 Å². The first kappa shape index (κ1) is 15.9. The van der Waals surface area contributed by atoms with Gasteiger partial charge in [-0.25, -0.2) is 13.1 Å². The Labute approximate surface area is 111 Å². The summed E-state index contributed by atoms with van der Waals surface area (Å²) in [7, 11) is -3.09. The molecule has 0 aliphatic carbocycles. The van der Waals surface area contributed by atoms with Crippen LogP contribution in [0.5, 0.6) is 0 Å². The van der Waals surface area contributed by atoms with Crippen LogP contribution in [0.4, 0.5) is 0 Å². The molecule has 1 saturated heterocycles. The fraction of sp³-hybridized carbons (Fsp3) is 1.00. The minimum absolute atomic E-state index is 0.256. The van der Waals surface area contributed by atoms with E-state index in [4.69, 9.17) is 4.74 Å². The molecule has 18 heavy (non-hydrogen) atoms. The summed E-state index contributed by atoms with van der Waals surface area (Å²) in [4.78, 5) is 0. The second-order valence-corrected chi connectivity index (χ2v) is 6.67. The molecule has 0 atom stereocenters. The van der Waals surface area contributed by atoms with Gasteiger partial charge < -0.3 is 10.1 Å². The van der Waals surface area contributed by atoms with Gasteiger partial charge in [0.2, 0.25) is 10.0 Å². The summed E-state index contributed by atoms with van der Waals surface area (Å²) in [5.41, 5.74) is 0. The van der Waals surface area contributed by atoms with Gasteiger partial charge in [-0.15, -0.1) is 0 Å². The summed E-state index contributed by atoms with van der Waals surface area (Å²) in [6.07, 6.45) is 3.71. The summed E-state index contributed by atoms with van der Waals surface area (Å²) in [6, 6.07) is 0. The van der Waals surface area contributed by atoms with Gasteiger partial charge in [0, 0.05) is 19.8 Å². The third-order valence-corrected chi connectivity index (χ3v) is 4.66. The Morgan fingerprint density at radius 1 is 1.33 bits per heavy atom. The third-order valence-electron chi connectivity index (χ3n) is 3.25. The molecular formula is C12H26N2O3S. The first-order chi connectivity index (χ1) is 8.64. The lowest BCUT2D eigenvalue weighted by atomic mass is 9.96. The average Bonchev–Trinajstić information content (AvgIpc) is 2.38. The third kappa shape index (κ3) is 7.31. The van der Waals surface area contributed by atoms with Gasteiger partial charge in [-0.3, -0.25) is 0 Å². The fourth-order valence-electron chi connectivity index (χ4n) is 2.11. The molecule has 108 valence electrons. The highest BCUT2D eigenvalue weighted by molar-refractivity contribution is 7.89. The van der Waals surface area contributed by atoms with E-state index in [1.807, 2.05) is 6.92 Å². The van der Waals surface area contributed by atoms with E-state index in [1.54, 1.807) is 0 Å². The number of hydrogen-bond acceptors (Lipinski definition) is 4. The predicted molar refractivity (Wildman–Crippen MR) is 73.1 cm³/mol. The number of hydrogen-bond donors (Lipinski definition) is 2. The Bertz CT molecular complexity index is 300. The molecule has 2 N–H and O–H groups in total. The molecule has 0 amide bonds. The zero-order valence-corrected chi connectivity index (χ0v) is 12.1. The van der Waals surface area contributed by atoms with Crippen molar-refractivity contribution < 1.29 is 13.2 Å². The molecule has 0 aromatic carbocycles. The van der Waals surface area contributed by atoms with Crippen molar-refractivity contribution in [1.29, 1.82) is 0 Å². The molecule has 1 rings (SSSR count). The van der Waals surface area contributed by atoms with Crippen molar-refractivity contribution in [1.82, 2.24) is 10.0 Å². The van der Waals surface area contributed by atoms with Crippen LogP contribution in [0.3, 0.4) is 0 Å². The highest BCUT2D eigenvalue weighted by Gasteiger charge is 2.17. The summed E-state index contributed by atoms with van der Waals surface area (Å²) in [5, 5.41) is 3.29. The smallest absolute Gasteiger partial charge is 0.211 e. The molecule has 1 fully saturated rings. The lowest BCUT2D eigenvalue weighted by molar-refractivity contribution is 0.146. The first-order valence-corrected chi connectivity index (χ1v) is 8.55. The maximum absolute atomic E-state index is 11.7. The Balaban J connectivity index is 2.10. The summed E-state index contributed by atoms with van der Waals surface area (Å²) in [6.45, 7) is 5.76. The highest BCUT2D eigenvalue weighted by atomic mass is 32.2. The molecule has 0 aromatic heterocycles. The lowest BCUT2D eigenvalue weighted by Crippen LogP contribution is -2.32. The van der Waals surface area contributed by atoms with Crippen molar-refractivity contribution >= 4 is 10.0 Å². The van der Waals surface area contributed by atoms with E-state index < -0.39 is 10.0 Å². The van der Waals surface area contributed by atoms with Crippen LogP contribution in [0.15, 0.2) is 0 Å². The van der Waals surface area contributed by atoms with Gasteiger partial charge >= 0.3 is 0 Å². The minimum Gasteiger partial charge on any atom is -0.382 e. The van der Waals surface area contributed by atoms with Crippen molar-refractivity contribution in [3.8, 4) is 0 Å². The maximum Gasteiger partial charge on any atom is 0.211 e. The Kier molecular flexibility index (Phi) is 7.81. The predicted octanol–water partition coefficient (Wildman–Crippen LogP) is 0.722. The Hall–Kier alpha value is -0.170. The molecule has 0 unspecified atom stereocenters. The molecule has 0 saturated carbocycles. The molecule has 1 aliphatic rings. The normalized spacial score (nSPS) is 18.1. The SMILES string of the molecule is CCOCCCNS(=O)(=O)CCC1CCNCC1. The second kappa shape index (κ2) is 8.85. The zero-order valence-electron chi connectivity index (χ0n) is 11.3. The number of ether oxygens (including phenoxy) is 1. The molecule has 0 spiro atoms. The van der Waals surface area contributed by atoms with Gasteiger partial charge in [-0.2, -0.15) is 0 Å². The van der Waals surface area contributed by atoms with Crippen molar-refractivity contribution in [3.05, 3.63) is 0 Å². The van der Waals surface area contributed by atoms with Crippen LogP contribution in [0.2, 0.25) is 0 Å². The monoisotopic (exact) mass is 278 g/mol. The average molecular weight is 278 g/mol. The quantitative estimate of drug-likeness (QED) is 0.610. The molecule has 5 nitrogen and oxygen atoms in total. The van der Waals surface area contributed by atoms with Crippen LogP contribution in [0, 0.1) is 5.92 Å². The van der Waals surface area contributed by atoms with Gasteiger partial charge in [-0.1, -0.05) is 0 Å². The maximum atomic E-state index is 11.7. The van der Waals surface area contributed by atoms with Crippen LogP contribution in [-0.4, -0.2) is 47.0 Å². The van der Waals surface area contributed by atoms with E-state index in [1.165, 1.54) is 0 Å². The largest absolute Gasteiger partial charge is 0.382 e. The lowest BCUT2D eigenvalue weighted by Gasteiger charge is -2.22. The Morgan fingerprint density at radius 3 is 2.72 bits per heavy atom. The summed E-state index contributed by atoms with van der Waals surface area (Å²) < 4.78 is 31.3. The zero-order chi connectivity index (χ0) is 13.3. The standard InChI is InChI=1S/C12H26N2O3S/c1-2-17-10-3-7-14-18(15,16)11-6-12-4-8-13-9-5-12/h12-14H,2-11H2,1H3. The van der Waals surface area contributed by atoms with E-state index in [0.29, 0.717) is 25.7 Å². The van der Waals surface area contributed by atoms with Crippen molar-refractivity contribution in [2.75, 3.05) is 38.6 Å². The summed E-state index contributed by atoms with van der Waals surface area (Å²) >= 11 is 0. The number of nitrogens with one attached hydrogen (secondary N) is 2. The van der Waals surface area contributed by atoms with Crippen LogP contribution >= 0.6 is 0 Å². The molecule has 6 heteroatoms. The number of piperidine rings is 1. The molecule has 1 heterocycles. The molecule has 0 bridgehead atoms. The van der Waals surface area contributed by atoms with E-state index >= 15 is 0 Å². The molecular weight excluding hydrogens is 252 g/mol. The van der Waals surface area contributed by atoms with Crippen LogP contribution in [-0.2, 0) is 14.8 Å². The van der Waals surface area contributed by atoms with Crippen LogP contribution in [0.25, 0.3) is 0 Å². The van der Waals surface area contributed by atoms with Crippen molar-refractivity contribution in [2.45, 2.75) is 32.6 Å². The van der Waals surface area contributed by atoms with Crippen LogP contribution in [0.1, 0.15) is 32.6 Å². The van der Waals surface area contributed by atoms with Gasteiger partial charge in [-0.05, 0) is 51.6 Å². The molecule has 0 aromatic rings. The van der Waals surface area contributed by atoms with Crippen molar-refractivity contribution in [3.63, 3.8) is 0 Å². The van der Waals surface area contributed by atoms with Gasteiger partial charge in [0.15, 0.2) is 0 Å². The Morgan fingerprint density at radius 2 is 2.06 bits per heavy atom. The fourth-order valence-corrected chi connectivity index (χ4v) is 3.35. The highest BCUT2D eigenvalue weighted by Crippen LogP contribution is 2.16. The molecule has 1 aliphatic heterocycles. The van der Waals surface area contributed by atoms with Gasteiger partial charge in [0.25, 0.3) is 0 Å². The summed E-state index contributed by atoms with van der Waals surface area (Å²) in [5.74, 6) is 0.818. The van der Waals surface area contributed by atoms with E-state index in [0.717, 1.165) is 38.8 Å². The van der Waals surface area contributed by atoms with E-state index in [2.05, 4.69) is 10.0 Å². The molecule has 0 radical (unpaired) electrons. The van der Waals surface area contributed by atoms with Crippen LogP contribution < -0.4 is 10.0 Å². The topological polar surface area (TPSA) is 67.4 Å².